The number of rotatable bonds is 7. The maximum atomic E-state index is 5.86. The molecule has 0 bridgehead atoms. The van der Waals surface area contributed by atoms with E-state index in [9.17, 15) is 0 Å². The number of aromatic nitrogens is 2. The largest absolute Gasteiger partial charge is 0.474 e. The van der Waals surface area contributed by atoms with E-state index >= 15 is 0 Å². The topological polar surface area (TPSA) is 47.0 Å². The molecule has 0 saturated heterocycles. The second-order valence-corrected chi connectivity index (χ2v) is 4.95. The second kappa shape index (κ2) is 7.19. The fraction of sp³-hybridized carbons (Fsp3) is 0.714. The molecule has 1 atom stereocenters. The smallest absolute Gasteiger partial charge is 0.218 e. The quantitative estimate of drug-likeness (QED) is 0.808. The van der Waals surface area contributed by atoms with Gasteiger partial charge in [0.25, 0.3) is 0 Å². The van der Waals surface area contributed by atoms with E-state index in [4.69, 9.17) is 4.74 Å². The van der Waals surface area contributed by atoms with Crippen LogP contribution in [0.3, 0.4) is 0 Å². The van der Waals surface area contributed by atoms with Gasteiger partial charge in [-0.3, -0.25) is 0 Å². The summed E-state index contributed by atoms with van der Waals surface area (Å²) in [5.74, 6) is 2.96. The Morgan fingerprint density at radius 3 is 2.50 bits per heavy atom. The molecule has 1 N–H and O–H groups in total. The minimum atomic E-state index is 0.180. The molecule has 0 aliphatic carbocycles. The van der Waals surface area contributed by atoms with Crippen LogP contribution in [-0.4, -0.2) is 22.6 Å². The number of ether oxygens (including phenoxy) is 1. The van der Waals surface area contributed by atoms with Crippen molar-refractivity contribution in [3.05, 3.63) is 11.9 Å². The van der Waals surface area contributed by atoms with Gasteiger partial charge in [0.15, 0.2) is 0 Å². The van der Waals surface area contributed by atoms with Gasteiger partial charge in [-0.05, 0) is 26.2 Å². The van der Waals surface area contributed by atoms with Gasteiger partial charge in [0.2, 0.25) is 5.88 Å². The third-order valence-electron chi connectivity index (χ3n) is 2.55. The van der Waals surface area contributed by atoms with Crippen molar-refractivity contribution in [2.24, 2.45) is 5.92 Å². The minimum absolute atomic E-state index is 0.180. The number of hydrogen-bond acceptors (Lipinski definition) is 4. The average molecular weight is 251 g/mol. The van der Waals surface area contributed by atoms with E-state index in [1.54, 1.807) is 0 Å². The van der Waals surface area contributed by atoms with Gasteiger partial charge in [0.1, 0.15) is 11.6 Å². The van der Waals surface area contributed by atoms with Gasteiger partial charge in [-0.15, -0.1) is 0 Å². The summed E-state index contributed by atoms with van der Waals surface area (Å²) < 4.78 is 5.86. The summed E-state index contributed by atoms with van der Waals surface area (Å²) in [5.41, 5.74) is 0. The molecule has 0 amide bonds. The van der Waals surface area contributed by atoms with Crippen molar-refractivity contribution in [2.75, 3.05) is 11.9 Å². The highest BCUT2D eigenvalue weighted by Gasteiger charge is 2.10. The van der Waals surface area contributed by atoms with Gasteiger partial charge in [-0.2, -0.15) is 4.98 Å². The van der Waals surface area contributed by atoms with E-state index in [0.717, 1.165) is 31.0 Å². The maximum absolute atomic E-state index is 5.86. The summed E-state index contributed by atoms with van der Waals surface area (Å²) in [6, 6.07) is 1.87. The summed E-state index contributed by atoms with van der Waals surface area (Å²) in [7, 11) is 0. The average Bonchev–Trinajstić information content (AvgIpc) is 2.27. The molecular weight excluding hydrogens is 226 g/mol. The van der Waals surface area contributed by atoms with E-state index in [0.29, 0.717) is 11.8 Å². The van der Waals surface area contributed by atoms with Crippen molar-refractivity contribution in [2.45, 2.75) is 53.6 Å². The number of anilines is 1. The highest BCUT2D eigenvalue weighted by Crippen LogP contribution is 2.17. The molecule has 0 aliphatic heterocycles. The predicted octanol–water partition coefficient (Wildman–Crippen LogP) is 3.28. The molecule has 1 aromatic rings. The van der Waals surface area contributed by atoms with Crippen LogP contribution in [0.2, 0.25) is 0 Å². The summed E-state index contributed by atoms with van der Waals surface area (Å²) in [6.45, 7) is 11.4. The lowest BCUT2D eigenvalue weighted by Crippen LogP contribution is -2.16. The van der Waals surface area contributed by atoms with E-state index in [2.05, 4.69) is 43.0 Å². The van der Waals surface area contributed by atoms with Crippen molar-refractivity contribution in [1.29, 1.82) is 0 Å². The number of hydrogen-bond donors (Lipinski definition) is 1. The Labute approximate surface area is 110 Å². The monoisotopic (exact) mass is 251 g/mol. The third-order valence-corrected chi connectivity index (χ3v) is 2.55. The van der Waals surface area contributed by atoms with E-state index in [1.165, 1.54) is 0 Å². The van der Waals surface area contributed by atoms with Crippen LogP contribution in [-0.2, 0) is 6.42 Å². The van der Waals surface area contributed by atoms with Crippen LogP contribution < -0.4 is 10.1 Å². The zero-order chi connectivity index (χ0) is 13.5. The predicted molar refractivity (Wildman–Crippen MR) is 75.1 cm³/mol. The number of nitrogens with zero attached hydrogens (tertiary/aromatic N) is 2. The molecule has 1 heterocycles. The first-order valence-electron chi connectivity index (χ1n) is 6.83. The van der Waals surface area contributed by atoms with Crippen molar-refractivity contribution in [3.8, 4) is 5.88 Å². The van der Waals surface area contributed by atoms with Crippen LogP contribution >= 0.6 is 0 Å². The molecule has 1 rings (SSSR count). The van der Waals surface area contributed by atoms with Gasteiger partial charge in [0, 0.05) is 19.0 Å². The Bertz CT molecular complexity index is 366. The van der Waals surface area contributed by atoms with Gasteiger partial charge < -0.3 is 10.1 Å². The molecule has 102 valence electrons. The Morgan fingerprint density at radius 2 is 1.94 bits per heavy atom. The highest BCUT2D eigenvalue weighted by molar-refractivity contribution is 5.38. The normalized spacial score (nSPS) is 12.6. The van der Waals surface area contributed by atoms with Gasteiger partial charge >= 0.3 is 0 Å². The first kappa shape index (κ1) is 14.7. The Hall–Kier alpha value is -1.32. The van der Waals surface area contributed by atoms with Crippen molar-refractivity contribution in [1.82, 2.24) is 9.97 Å². The van der Waals surface area contributed by atoms with Gasteiger partial charge in [0.05, 0.1) is 6.10 Å². The lowest BCUT2D eigenvalue weighted by atomic mass is 10.1. The lowest BCUT2D eigenvalue weighted by molar-refractivity contribution is 0.185. The van der Waals surface area contributed by atoms with Crippen LogP contribution in [0.4, 0.5) is 5.82 Å². The molecule has 1 aromatic heterocycles. The van der Waals surface area contributed by atoms with E-state index < -0.39 is 0 Å². The molecule has 18 heavy (non-hydrogen) atoms. The molecule has 0 radical (unpaired) electrons. The number of nitrogens with one attached hydrogen (secondary N) is 1. The van der Waals surface area contributed by atoms with Crippen LogP contribution in [0.1, 0.15) is 46.9 Å². The maximum Gasteiger partial charge on any atom is 0.218 e. The Morgan fingerprint density at radius 1 is 1.22 bits per heavy atom. The minimum Gasteiger partial charge on any atom is -0.474 e. The Kier molecular flexibility index (Phi) is 5.89. The van der Waals surface area contributed by atoms with Crippen LogP contribution in [0.15, 0.2) is 6.07 Å². The van der Waals surface area contributed by atoms with Crippen molar-refractivity contribution >= 4 is 5.82 Å². The fourth-order valence-corrected chi connectivity index (χ4v) is 1.88. The van der Waals surface area contributed by atoms with Gasteiger partial charge in [-0.1, -0.05) is 20.8 Å². The molecule has 0 aliphatic rings. The summed E-state index contributed by atoms with van der Waals surface area (Å²) in [5, 5.41) is 3.21. The molecule has 1 unspecified atom stereocenters. The van der Waals surface area contributed by atoms with Crippen molar-refractivity contribution < 1.29 is 4.74 Å². The Balaban J connectivity index is 2.77. The fourth-order valence-electron chi connectivity index (χ4n) is 1.88. The highest BCUT2D eigenvalue weighted by atomic mass is 16.5. The molecule has 4 heteroatoms. The zero-order valence-electron chi connectivity index (χ0n) is 12.2. The third kappa shape index (κ3) is 4.90. The summed E-state index contributed by atoms with van der Waals surface area (Å²) >= 11 is 0. The van der Waals surface area contributed by atoms with E-state index in [1.807, 2.05) is 13.0 Å². The van der Waals surface area contributed by atoms with Crippen LogP contribution in [0.5, 0.6) is 5.88 Å². The lowest BCUT2D eigenvalue weighted by Gasteiger charge is -2.16. The molecule has 0 saturated carbocycles. The first-order chi connectivity index (χ1) is 8.55. The molecular formula is C14H25N3O. The van der Waals surface area contributed by atoms with E-state index in [-0.39, 0.29) is 6.10 Å². The standard InChI is InChI=1S/C14H25N3O/c1-6-12-16-13(15-7-2)9-14(17-12)18-11(5)8-10(3)4/h9-11H,6-8H2,1-5H3,(H,15,16,17). The second-order valence-electron chi connectivity index (χ2n) is 4.95. The summed E-state index contributed by atoms with van der Waals surface area (Å²) in [4.78, 5) is 8.82. The summed E-state index contributed by atoms with van der Waals surface area (Å²) in [6.07, 6.45) is 2.02. The SMILES string of the molecule is CCNc1cc(OC(C)CC(C)C)nc(CC)n1. The van der Waals surface area contributed by atoms with Crippen LogP contribution in [0, 0.1) is 5.92 Å². The number of aryl methyl sites for hydroxylation is 1. The molecule has 0 spiro atoms. The molecule has 0 aromatic carbocycles. The van der Waals surface area contributed by atoms with Crippen molar-refractivity contribution in [3.63, 3.8) is 0 Å². The van der Waals surface area contributed by atoms with Gasteiger partial charge in [-0.25, -0.2) is 4.98 Å². The first-order valence-corrected chi connectivity index (χ1v) is 6.83. The van der Waals surface area contributed by atoms with Crippen LogP contribution in [0.25, 0.3) is 0 Å². The zero-order valence-corrected chi connectivity index (χ0v) is 12.2. The molecule has 4 nitrogen and oxygen atoms in total. The molecule has 0 fully saturated rings.